The predicted octanol–water partition coefficient (Wildman–Crippen LogP) is 0.842. The van der Waals surface area contributed by atoms with Crippen molar-refractivity contribution in [1.82, 2.24) is 0 Å². The van der Waals surface area contributed by atoms with Crippen LogP contribution in [0.15, 0.2) is 0 Å². The SMILES string of the molecule is CCCOC(C)CCOCCC(N)N. The fraction of sp³-hybridized carbons (Fsp3) is 1.00. The van der Waals surface area contributed by atoms with Gasteiger partial charge in [0, 0.05) is 19.8 Å². The van der Waals surface area contributed by atoms with Gasteiger partial charge in [0.1, 0.15) is 0 Å². The van der Waals surface area contributed by atoms with E-state index in [0.717, 1.165) is 26.1 Å². The van der Waals surface area contributed by atoms with Gasteiger partial charge in [-0.25, -0.2) is 0 Å². The maximum Gasteiger partial charge on any atom is 0.0568 e. The summed E-state index contributed by atoms with van der Waals surface area (Å²) in [6.07, 6.45) is 2.72. The summed E-state index contributed by atoms with van der Waals surface area (Å²) < 4.78 is 10.8. The summed E-state index contributed by atoms with van der Waals surface area (Å²) in [6.45, 7) is 6.35. The van der Waals surface area contributed by atoms with Crippen LogP contribution in [-0.2, 0) is 9.47 Å². The molecule has 0 aliphatic carbocycles. The van der Waals surface area contributed by atoms with E-state index in [9.17, 15) is 0 Å². The lowest BCUT2D eigenvalue weighted by molar-refractivity contribution is 0.0309. The second kappa shape index (κ2) is 9.40. The van der Waals surface area contributed by atoms with Gasteiger partial charge in [0.25, 0.3) is 0 Å². The Hall–Kier alpha value is -0.160. The molecule has 0 saturated carbocycles. The molecular formula is C10H24N2O2. The molecule has 1 unspecified atom stereocenters. The zero-order valence-corrected chi connectivity index (χ0v) is 9.37. The largest absolute Gasteiger partial charge is 0.381 e. The fourth-order valence-corrected chi connectivity index (χ4v) is 0.973. The van der Waals surface area contributed by atoms with Crippen molar-refractivity contribution in [3.8, 4) is 0 Å². The van der Waals surface area contributed by atoms with Gasteiger partial charge in [-0.1, -0.05) is 6.92 Å². The molecule has 0 fully saturated rings. The molecule has 0 spiro atoms. The molecule has 0 saturated heterocycles. The highest BCUT2D eigenvalue weighted by Crippen LogP contribution is 1.99. The Morgan fingerprint density at radius 3 is 2.29 bits per heavy atom. The Balaban J connectivity index is 3.10. The second-order valence-corrected chi connectivity index (χ2v) is 3.53. The summed E-state index contributed by atoms with van der Waals surface area (Å²) in [7, 11) is 0. The Bertz CT molecular complexity index is 121. The topological polar surface area (TPSA) is 70.5 Å². The van der Waals surface area contributed by atoms with E-state index in [1.807, 2.05) is 0 Å². The van der Waals surface area contributed by atoms with Crippen LogP contribution in [0.4, 0.5) is 0 Å². The zero-order valence-electron chi connectivity index (χ0n) is 9.37. The van der Waals surface area contributed by atoms with Gasteiger partial charge in [-0.3, -0.25) is 0 Å². The van der Waals surface area contributed by atoms with Crippen LogP contribution >= 0.6 is 0 Å². The first-order chi connectivity index (χ1) is 6.66. The van der Waals surface area contributed by atoms with Crippen LogP contribution in [0.1, 0.15) is 33.1 Å². The Kier molecular flexibility index (Phi) is 9.29. The normalized spacial score (nSPS) is 13.5. The number of rotatable bonds is 9. The minimum atomic E-state index is -0.260. The minimum Gasteiger partial charge on any atom is -0.381 e. The van der Waals surface area contributed by atoms with Crippen molar-refractivity contribution in [2.75, 3.05) is 19.8 Å². The first-order valence-corrected chi connectivity index (χ1v) is 5.37. The molecule has 86 valence electrons. The molecule has 4 N–H and O–H groups in total. The zero-order chi connectivity index (χ0) is 10.8. The molecule has 0 radical (unpaired) electrons. The summed E-state index contributed by atoms with van der Waals surface area (Å²) in [6, 6.07) is 0. The molecule has 0 bridgehead atoms. The van der Waals surface area contributed by atoms with Crippen LogP contribution in [0.3, 0.4) is 0 Å². The summed E-state index contributed by atoms with van der Waals surface area (Å²) in [4.78, 5) is 0. The van der Waals surface area contributed by atoms with E-state index in [4.69, 9.17) is 20.9 Å². The highest BCUT2D eigenvalue weighted by Gasteiger charge is 2.01. The number of nitrogens with two attached hydrogens (primary N) is 2. The maximum atomic E-state index is 5.49. The first-order valence-electron chi connectivity index (χ1n) is 5.37. The number of hydrogen-bond donors (Lipinski definition) is 2. The van der Waals surface area contributed by atoms with Crippen molar-refractivity contribution in [3.63, 3.8) is 0 Å². The van der Waals surface area contributed by atoms with Crippen molar-refractivity contribution in [2.24, 2.45) is 11.5 Å². The van der Waals surface area contributed by atoms with Crippen molar-refractivity contribution >= 4 is 0 Å². The van der Waals surface area contributed by atoms with Crippen molar-refractivity contribution in [1.29, 1.82) is 0 Å². The van der Waals surface area contributed by atoms with Gasteiger partial charge in [-0.05, 0) is 26.2 Å². The van der Waals surface area contributed by atoms with Crippen molar-refractivity contribution in [2.45, 2.75) is 45.4 Å². The third kappa shape index (κ3) is 9.92. The van der Waals surface area contributed by atoms with Gasteiger partial charge in [0.15, 0.2) is 0 Å². The Labute approximate surface area is 86.9 Å². The lowest BCUT2D eigenvalue weighted by atomic mass is 10.3. The quantitative estimate of drug-likeness (QED) is 0.431. The van der Waals surface area contributed by atoms with E-state index in [-0.39, 0.29) is 12.3 Å². The van der Waals surface area contributed by atoms with Gasteiger partial charge in [0.2, 0.25) is 0 Å². The monoisotopic (exact) mass is 204 g/mol. The van der Waals surface area contributed by atoms with Crippen LogP contribution in [0, 0.1) is 0 Å². The van der Waals surface area contributed by atoms with E-state index < -0.39 is 0 Å². The van der Waals surface area contributed by atoms with E-state index in [0.29, 0.717) is 13.0 Å². The van der Waals surface area contributed by atoms with Crippen LogP contribution in [0.25, 0.3) is 0 Å². The molecule has 0 aliphatic heterocycles. The van der Waals surface area contributed by atoms with Gasteiger partial charge < -0.3 is 20.9 Å². The lowest BCUT2D eigenvalue weighted by Gasteiger charge is -2.12. The smallest absolute Gasteiger partial charge is 0.0568 e. The lowest BCUT2D eigenvalue weighted by Crippen LogP contribution is -2.31. The predicted molar refractivity (Wildman–Crippen MR) is 57.9 cm³/mol. The molecule has 0 aromatic heterocycles. The van der Waals surface area contributed by atoms with E-state index >= 15 is 0 Å². The first kappa shape index (κ1) is 13.8. The summed E-state index contributed by atoms with van der Waals surface area (Å²) in [5.41, 5.74) is 10.7. The molecular weight excluding hydrogens is 180 g/mol. The molecule has 14 heavy (non-hydrogen) atoms. The van der Waals surface area contributed by atoms with Crippen LogP contribution in [0.5, 0.6) is 0 Å². The van der Waals surface area contributed by atoms with E-state index in [1.165, 1.54) is 0 Å². The van der Waals surface area contributed by atoms with Crippen molar-refractivity contribution < 1.29 is 9.47 Å². The van der Waals surface area contributed by atoms with Crippen LogP contribution < -0.4 is 11.5 Å². The third-order valence-corrected chi connectivity index (χ3v) is 1.87. The van der Waals surface area contributed by atoms with Crippen LogP contribution in [-0.4, -0.2) is 32.1 Å². The molecule has 0 aromatic rings. The maximum absolute atomic E-state index is 5.49. The third-order valence-electron chi connectivity index (χ3n) is 1.87. The molecule has 0 rings (SSSR count). The van der Waals surface area contributed by atoms with Gasteiger partial charge >= 0.3 is 0 Å². The van der Waals surface area contributed by atoms with Crippen molar-refractivity contribution in [3.05, 3.63) is 0 Å². The molecule has 1 atom stereocenters. The molecule has 4 heteroatoms. The number of ether oxygens (including phenoxy) is 2. The highest BCUT2D eigenvalue weighted by molar-refractivity contribution is 4.51. The average Bonchev–Trinajstić information content (AvgIpc) is 2.13. The fourth-order valence-electron chi connectivity index (χ4n) is 0.973. The molecule has 0 amide bonds. The average molecular weight is 204 g/mol. The molecule has 0 heterocycles. The summed E-state index contributed by atoms with van der Waals surface area (Å²) in [5.74, 6) is 0. The Morgan fingerprint density at radius 1 is 1.07 bits per heavy atom. The summed E-state index contributed by atoms with van der Waals surface area (Å²) in [5, 5.41) is 0. The summed E-state index contributed by atoms with van der Waals surface area (Å²) >= 11 is 0. The Morgan fingerprint density at radius 2 is 1.71 bits per heavy atom. The second-order valence-electron chi connectivity index (χ2n) is 3.53. The van der Waals surface area contributed by atoms with Gasteiger partial charge in [-0.2, -0.15) is 0 Å². The minimum absolute atomic E-state index is 0.260. The number of hydrogen-bond acceptors (Lipinski definition) is 4. The highest BCUT2D eigenvalue weighted by atomic mass is 16.5. The van der Waals surface area contributed by atoms with E-state index in [2.05, 4.69) is 13.8 Å². The standard InChI is InChI=1S/C10H24N2O2/c1-3-6-14-9(2)4-7-13-8-5-10(11)12/h9-10H,3-8,11-12H2,1-2H3. The van der Waals surface area contributed by atoms with Crippen LogP contribution in [0.2, 0.25) is 0 Å². The van der Waals surface area contributed by atoms with Gasteiger partial charge in [-0.15, -0.1) is 0 Å². The molecule has 0 aliphatic rings. The van der Waals surface area contributed by atoms with E-state index in [1.54, 1.807) is 0 Å². The molecule has 4 nitrogen and oxygen atoms in total. The molecule has 0 aromatic carbocycles. The van der Waals surface area contributed by atoms with Gasteiger partial charge in [0.05, 0.1) is 12.3 Å².